The highest BCUT2D eigenvalue weighted by Gasteiger charge is 2.29. The van der Waals surface area contributed by atoms with Gasteiger partial charge in [-0.25, -0.2) is 18.4 Å². The van der Waals surface area contributed by atoms with Crippen LogP contribution >= 0.6 is 0 Å². The molecule has 35 heavy (non-hydrogen) atoms. The fourth-order valence-electron chi connectivity index (χ4n) is 3.31. The molecule has 2 heterocycles. The molecule has 1 unspecified atom stereocenters. The van der Waals surface area contributed by atoms with E-state index in [4.69, 9.17) is 14.2 Å². The van der Waals surface area contributed by atoms with Gasteiger partial charge in [-0.1, -0.05) is 13.8 Å². The Kier molecular flexibility index (Phi) is 7.47. The Labute approximate surface area is 203 Å². The molecule has 1 amide bonds. The van der Waals surface area contributed by atoms with E-state index in [2.05, 4.69) is 20.0 Å². The quantitative estimate of drug-likeness (QED) is 0.484. The largest absolute Gasteiger partial charge is 0.490 e. The van der Waals surface area contributed by atoms with Crippen LogP contribution in [0.3, 0.4) is 0 Å². The van der Waals surface area contributed by atoms with Crippen molar-refractivity contribution in [1.82, 2.24) is 14.7 Å². The summed E-state index contributed by atoms with van der Waals surface area (Å²) >= 11 is 0. The second-order valence-electron chi connectivity index (χ2n) is 8.15. The fraction of sp³-hybridized carbons (Fsp3) is 0.292. The monoisotopic (exact) mass is 498 g/mol. The van der Waals surface area contributed by atoms with Crippen molar-refractivity contribution in [3.8, 4) is 23.3 Å². The zero-order chi connectivity index (χ0) is 24.8. The molecule has 0 fully saturated rings. The van der Waals surface area contributed by atoms with E-state index in [0.717, 1.165) is 0 Å². The molecule has 1 aliphatic rings. The number of sulfonamides is 1. The Morgan fingerprint density at radius 3 is 2.37 bits per heavy atom. The first-order valence-corrected chi connectivity index (χ1v) is 12.6. The Balaban J connectivity index is 1.44. The maximum atomic E-state index is 13.1. The Morgan fingerprint density at radius 1 is 1.00 bits per heavy atom. The van der Waals surface area contributed by atoms with Crippen LogP contribution in [0, 0.1) is 5.92 Å². The summed E-state index contributed by atoms with van der Waals surface area (Å²) < 4.78 is 45.4. The molecule has 0 spiro atoms. The van der Waals surface area contributed by atoms with Gasteiger partial charge >= 0.3 is 6.01 Å². The minimum Gasteiger partial charge on any atom is -0.490 e. The van der Waals surface area contributed by atoms with Crippen LogP contribution in [-0.2, 0) is 14.8 Å². The number of benzene rings is 2. The summed E-state index contributed by atoms with van der Waals surface area (Å²) in [5.74, 6) is 0.538. The van der Waals surface area contributed by atoms with Crippen LogP contribution in [0.25, 0.3) is 0 Å². The third-order valence-corrected chi connectivity index (χ3v) is 6.57. The highest BCUT2D eigenvalue weighted by Crippen LogP contribution is 2.32. The molecule has 0 saturated carbocycles. The van der Waals surface area contributed by atoms with Gasteiger partial charge in [0.05, 0.1) is 18.1 Å². The van der Waals surface area contributed by atoms with Crippen LogP contribution in [-0.4, -0.2) is 43.5 Å². The minimum atomic E-state index is -4.01. The highest BCUT2D eigenvalue weighted by atomic mass is 32.2. The smallest absolute Gasteiger partial charge is 0.321 e. The van der Waals surface area contributed by atoms with E-state index in [0.29, 0.717) is 42.6 Å². The van der Waals surface area contributed by atoms with Crippen molar-refractivity contribution in [3.63, 3.8) is 0 Å². The van der Waals surface area contributed by atoms with E-state index in [1.807, 2.05) is 0 Å². The summed E-state index contributed by atoms with van der Waals surface area (Å²) in [6.45, 7) is 4.46. The lowest BCUT2D eigenvalue weighted by Gasteiger charge is -2.22. The van der Waals surface area contributed by atoms with Gasteiger partial charge in [0.1, 0.15) is 11.8 Å². The number of carbonyl (C=O) groups is 1. The molecule has 1 aromatic heterocycles. The number of rotatable bonds is 8. The zero-order valence-electron chi connectivity index (χ0n) is 19.3. The maximum Gasteiger partial charge on any atom is 0.321 e. The van der Waals surface area contributed by atoms with E-state index < -0.39 is 22.0 Å². The molecule has 0 radical (unpaired) electrons. The summed E-state index contributed by atoms with van der Waals surface area (Å²) in [7, 11) is -4.01. The number of fused-ring (bicyclic) bond motifs is 1. The van der Waals surface area contributed by atoms with Crippen LogP contribution in [0.4, 0.5) is 5.69 Å². The highest BCUT2D eigenvalue weighted by molar-refractivity contribution is 7.89. The number of hydrogen-bond donors (Lipinski definition) is 2. The van der Waals surface area contributed by atoms with Crippen molar-refractivity contribution in [2.75, 3.05) is 18.5 Å². The molecule has 0 aliphatic carbocycles. The van der Waals surface area contributed by atoms with Gasteiger partial charge in [-0.2, -0.15) is 4.72 Å². The Bertz CT molecular complexity index is 1270. The number of nitrogens with one attached hydrogen (secondary N) is 2. The molecule has 184 valence electrons. The van der Waals surface area contributed by atoms with Gasteiger partial charge in [0.2, 0.25) is 15.9 Å². The minimum absolute atomic E-state index is 0.00941. The lowest BCUT2D eigenvalue weighted by molar-refractivity contribution is -0.118. The first-order valence-electron chi connectivity index (χ1n) is 11.1. The number of amides is 1. The summed E-state index contributed by atoms with van der Waals surface area (Å²) in [6, 6.07) is 11.9. The molecule has 2 aromatic carbocycles. The third kappa shape index (κ3) is 6.25. The van der Waals surface area contributed by atoms with Gasteiger partial charge in [0.25, 0.3) is 0 Å². The molecule has 1 aliphatic heterocycles. The predicted molar refractivity (Wildman–Crippen MR) is 128 cm³/mol. The van der Waals surface area contributed by atoms with Crippen molar-refractivity contribution >= 4 is 21.6 Å². The molecule has 10 nitrogen and oxygen atoms in total. The van der Waals surface area contributed by atoms with E-state index in [-0.39, 0.29) is 16.8 Å². The van der Waals surface area contributed by atoms with Gasteiger partial charge in [-0.15, -0.1) is 0 Å². The first-order chi connectivity index (χ1) is 16.8. The molecule has 2 N–H and O–H groups in total. The van der Waals surface area contributed by atoms with E-state index in [1.54, 1.807) is 62.6 Å². The molecule has 4 rings (SSSR count). The standard InChI is InChI=1S/C24H26N4O6S/c1-16(2)22(28-35(30,31)19-9-10-20-21(15-19)33-14-4-13-32-20)23(29)27-17-5-7-18(8-6-17)34-24-25-11-3-12-26-24/h3,5-12,15-16,22,28H,4,13-14H2,1-2H3,(H,27,29). The summed E-state index contributed by atoms with van der Waals surface area (Å²) in [4.78, 5) is 21.0. The van der Waals surface area contributed by atoms with Crippen LogP contribution in [0.15, 0.2) is 65.8 Å². The van der Waals surface area contributed by atoms with Crippen LogP contribution in [0.5, 0.6) is 23.3 Å². The molecule has 0 bridgehead atoms. The number of ether oxygens (including phenoxy) is 3. The molecule has 11 heteroatoms. The second kappa shape index (κ2) is 10.7. The van der Waals surface area contributed by atoms with Gasteiger partial charge in [-0.3, -0.25) is 4.79 Å². The second-order valence-corrected chi connectivity index (χ2v) is 9.86. The maximum absolute atomic E-state index is 13.1. The van der Waals surface area contributed by atoms with Crippen molar-refractivity contribution < 1.29 is 27.4 Å². The van der Waals surface area contributed by atoms with Crippen molar-refractivity contribution in [2.45, 2.75) is 31.2 Å². The Hall–Kier alpha value is -3.70. The lowest BCUT2D eigenvalue weighted by Crippen LogP contribution is -2.47. The summed E-state index contributed by atoms with van der Waals surface area (Å²) in [5.41, 5.74) is 0.483. The Morgan fingerprint density at radius 2 is 1.69 bits per heavy atom. The van der Waals surface area contributed by atoms with Crippen molar-refractivity contribution in [2.24, 2.45) is 5.92 Å². The molecule has 0 saturated heterocycles. The van der Waals surface area contributed by atoms with Gasteiger partial charge in [0, 0.05) is 30.6 Å². The number of carbonyl (C=O) groups excluding carboxylic acids is 1. The topological polar surface area (TPSA) is 129 Å². The molecular weight excluding hydrogens is 472 g/mol. The van der Waals surface area contributed by atoms with Crippen LogP contribution in [0.2, 0.25) is 0 Å². The fourth-order valence-corrected chi connectivity index (χ4v) is 4.67. The summed E-state index contributed by atoms with van der Waals surface area (Å²) in [6.07, 6.45) is 3.84. The van der Waals surface area contributed by atoms with Gasteiger partial charge in [0.15, 0.2) is 11.5 Å². The average Bonchev–Trinajstić information content (AvgIpc) is 3.09. The average molecular weight is 499 g/mol. The first kappa shape index (κ1) is 24.4. The van der Waals surface area contributed by atoms with Crippen molar-refractivity contribution in [3.05, 3.63) is 60.9 Å². The lowest BCUT2D eigenvalue weighted by atomic mass is 10.0. The number of anilines is 1. The van der Waals surface area contributed by atoms with E-state index >= 15 is 0 Å². The van der Waals surface area contributed by atoms with Crippen LogP contribution in [0.1, 0.15) is 20.3 Å². The van der Waals surface area contributed by atoms with Crippen molar-refractivity contribution in [1.29, 1.82) is 0 Å². The number of nitrogens with zero attached hydrogens (tertiary/aromatic N) is 2. The predicted octanol–water partition coefficient (Wildman–Crippen LogP) is 3.37. The zero-order valence-corrected chi connectivity index (χ0v) is 20.1. The van der Waals surface area contributed by atoms with E-state index in [9.17, 15) is 13.2 Å². The van der Waals surface area contributed by atoms with Gasteiger partial charge < -0.3 is 19.5 Å². The SMILES string of the molecule is CC(C)C(NS(=O)(=O)c1ccc2c(c1)OCCCO2)C(=O)Nc1ccc(Oc2ncccn2)cc1. The van der Waals surface area contributed by atoms with E-state index in [1.165, 1.54) is 12.1 Å². The molecule has 3 aromatic rings. The number of aromatic nitrogens is 2. The van der Waals surface area contributed by atoms with Crippen LogP contribution < -0.4 is 24.2 Å². The number of hydrogen-bond acceptors (Lipinski definition) is 8. The molecular formula is C24H26N4O6S. The van der Waals surface area contributed by atoms with Gasteiger partial charge in [-0.05, 0) is 48.4 Å². The normalized spacial score (nSPS) is 14.1. The summed E-state index contributed by atoms with van der Waals surface area (Å²) in [5, 5.41) is 2.75. The molecule has 1 atom stereocenters. The third-order valence-electron chi connectivity index (χ3n) is 5.13.